The Morgan fingerprint density at radius 2 is 1.48 bits per heavy atom. The highest BCUT2D eigenvalue weighted by Gasteiger charge is 2.12. The van der Waals surface area contributed by atoms with Crippen LogP contribution in [0, 0.1) is 0 Å². The van der Waals surface area contributed by atoms with E-state index in [0.29, 0.717) is 0 Å². The van der Waals surface area contributed by atoms with Crippen LogP contribution in [0.4, 0.5) is 4.79 Å². The second-order valence-electron chi connectivity index (χ2n) is 6.34. The van der Waals surface area contributed by atoms with E-state index < -0.39 is 0 Å². The maximum Gasteiger partial charge on any atom is 0.341 e. The van der Waals surface area contributed by atoms with Gasteiger partial charge in [0.05, 0.1) is 0 Å². The zero-order valence-electron chi connectivity index (χ0n) is 13.3. The maximum absolute atomic E-state index is 11.9. The molecule has 0 fully saturated rings. The zero-order chi connectivity index (χ0) is 14.8. The van der Waals surface area contributed by atoms with Gasteiger partial charge in [0.15, 0.2) is 0 Å². The molecule has 0 atom stereocenters. The van der Waals surface area contributed by atoms with Crippen molar-refractivity contribution in [1.82, 2.24) is 5.32 Å². The predicted molar refractivity (Wildman–Crippen MR) is 88.9 cm³/mol. The molecule has 0 saturated heterocycles. The molecule has 2 rings (SSSR count). The van der Waals surface area contributed by atoms with Crippen LogP contribution in [0.3, 0.4) is 0 Å². The summed E-state index contributed by atoms with van der Waals surface area (Å²) in [4.78, 5) is 16.3. The molecule has 3 heteroatoms. The first-order valence-corrected chi connectivity index (χ1v) is 8.91. The van der Waals surface area contributed by atoms with E-state index in [-0.39, 0.29) is 6.03 Å². The number of urea groups is 1. The lowest BCUT2D eigenvalue weighted by Crippen LogP contribution is -2.23. The first-order chi connectivity index (χ1) is 10.4. The maximum atomic E-state index is 11.9. The van der Waals surface area contributed by atoms with Gasteiger partial charge in [-0.05, 0) is 50.5 Å². The lowest BCUT2D eigenvalue weighted by molar-refractivity contribution is 0.249. The molecular formula is C18H30N2O. The van der Waals surface area contributed by atoms with Gasteiger partial charge < -0.3 is 5.32 Å². The van der Waals surface area contributed by atoms with Gasteiger partial charge in [-0.15, -0.1) is 0 Å². The monoisotopic (exact) mass is 290 g/mol. The summed E-state index contributed by atoms with van der Waals surface area (Å²) in [6.07, 6.45) is 18.2. The van der Waals surface area contributed by atoms with Crippen LogP contribution in [0.2, 0.25) is 0 Å². The normalized spacial score (nSPS) is 23.5. The molecule has 0 unspecified atom stereocenters. The van der Waals surface area contributed by atoms with Crippen LogP contribution in [-0.4, -0.2) is 18.3 Å². The zero-order valence-corrected chi connectivity index (χ0v) is 13.3. The van der Waals surface area contributed by atoms with Gasteiger partial charge in [-0.25, -0.2) is 4.79 Å². The third kappa shape index (κ3) is 6.45. The topological polar surface area (TPSA) is 41.5 Å². The highest BCUT2D eigenvalue weighted by Crippen LogP contribution is 2.20. The summed E-state index contributed by atoms with van der Waals surface area (Å²) in [5.74, 6) is 0. The summed E-state index contributed by atoms with van der Waals surface area (Å²) in [6.45, 7) is 0.772. The fraction of sp³-hybridized carbons (Fsp3) is 0.778. The molecule has 118 valence electrons. The highest BCUT2D eigenvalue weighted by molar-refractivity contribution is 6.05. The van der Waals surface area contributed by atoms with Crippen LogP contribution in [0.15, 0.2) is 16.6 Å². The van der Waals surface area contributed by atoms with Crippen LogP contribution in [0.5, 0.6) is 0 Å². The first-order valence-electron chi connectivity index (χ1n) is 8.91. The van der Waals surface area contributed by atoms with Crippen LogP contribution >= 0.6 is 0 Å². The molecule has 1 heterocycles. The Morgan fingerprint density at radius 1 is 0.810 bits per heavy atom. The van der Waals surface area contributed by atoms with Crippen LogP contribution < -0.4 is 5.32 Å². The third-order valence-electron chi connectivity index (χ3n) is 4.51. The quantitative estimate of drug-likeness (QED) is 0.712. The van der Waals surface area contributed by atoms with Gasteiger partial charge in [-0.3, -0.25) is 0 Å². The van der Waals surface area contributed by atoms with Crippen molar-refractivity contribution in [2.24, 2.45) is 4.99 Å². The molecule has 0 aromatic heterocycles. The summed E-state index contributed by atoms with van der Waals surface area (Å²) < 4.78 is 0. The highest BCUT2D eigenvalue weighted by atomic mass is 16.2. The van der Waals surface area contributed by atoms with Crippen molar-refractivity contribution in [3.8, 4) is 0 Å². The van der Waals surface area contributed by atoms with Gasteiger partial charge in [-0.2, -0.15) is 4.99 Å². The Hall–Kier alpha value is -1.12. The summed E-state index contributed by atoms with van der Waals surface area (Å²) in [6, 6.07) is -0.134. The van der Waals surface area contributed by atoms with Crippen molar-refractivity contribution in [3.05, 3.63) is 11.6 Å². The molecule has 21 heavy (non-hydrogen) atoms. The molecule has 0 bridgehead atoms. The molecule has 0 aromatic carbocycles. The molecule has 0 spiro atoms. The van der Waals surface area contributed by atoms with Crippen LogP contribution in [0.1, 0.15) is 83.5 Å². The van der Waals surface area contributed by atoms with Crippen LogP contribution in [0.25, 0.3) is 0 Å². The average molecular weight is 290 g/mol. The minimum Gasteiger partial charge on any atom is -0.336 e. The third-order valence-corrected chi connectivity index (χ3v) is 4.51. The summed E-state index contributed by atoms with van der Waals surface area (Å²) >= 11 is 0. The molecule has 1 N–H and O–H groups in total. The van der Waals surface area contributed by atoms with Crippen LogP contribution in [-0.2, 0) is 0 Å². The number of aliphatic imine (C=N–C) groups is 1. The van der Waals surface area contributed by atoms with Crippen molar-refractivity contribution in [1.29, 1.82) is 0 Å². The largest absolute Gasteiger partial charge is 0.341 e. The van der Waals surface area contributed by atoms with E-state index in [1.54, 1.807) is 0 Å². The van der Waals surface area contributed by atoms with Gasteiger partial charge in [0.25, 0.3) is 0 Å². The van der Waals surface area contributed by atoms with Gasteiger partial charge in [0, 0.05) is 12.3 Å². The Balaban J connectivity index is 2.07. The standard InChI is InChI=1S/C18H30N2O/c21-18-19-15-11-7-6-10-14-17(20-18)16-12-8-4-2-1-3-5-9-13-16/h12H,1-11,13-15H2,(H,19,21). The van der Waals surface area contributed by atoms with E-state index in [2.05, 4.69) is 16.4 Å². The Bertz CT molecular complexity index is 385. The first kappa shape index (κ1) is 16.3. The number of nitrogens with zero attached hydrogens (tertiary/aromatic N) is 1. The van der Waals surface area contributed by atoms with Gasteiger partial charge in [-0.1, -0.05) is 44.6 Å². The van der Waals surface area contributed by atoms with Crippen molar-refractivity contribution in [3.63, 3.8) is 0 Å². The molecule has 1 aliphatic carbocycles. The lowest BCUT2D eigenvalue weighted by atomic mass is 9.94. The molecular weight excluding hydrogens is 260 g/mol. The van der Waals surface area contributed by atoms with E-state index in [0.717, 1.165) is 37.9 Å². The number of carbonyl (C=O) groups is 1. The second kappa shape index (κ2) is 9.75. The summed E-state index contributed by atoms with van der Waals surface area (Å²) in [7, 11) is 0. The van der Waals surface area contributed by atoms with E-state index in [9.17, 15) is 4.79 Å². The smallest absolute Gasteiger partial charge is 0.336 e. The SMILES string of the molecule is O=C1N=C(C2=CCCCCCCCC2)CCCCCCN1. The summed E-state index contributed by atoms with van der Waals surface area (Å²) in [5, 5.41) is 2.92. The summed E-state index contributed by atoms with van der Waals surface area (Å²) in [5.41, 5.74) is 2.42. The predicted octanol–water partition coefficient (Wildman–Crippen LogP) is 5.16. The number of amides is 2. The van der Waals surface area contributed by atoms with E-state index in [1.165, 1.54) is 63.4 Å². The molecule has 2 aliphatic rings. The molecule has 3 nitrogen and oxygen atoms in total. The molecule has 2 amide bonds. The van der Waals surface area contributed by atoms with Gasteiger partial charge in [0.2, 0.25) is 0 Å². The fourth-order valence-electron chi connectivity index (χ4n) is 3.22. The second-order valence-corrected chi connectivity index (χ2v) is 6.34. The molecule has 0 radical (unpaired) electrons. The lowest BCUT2D eigenvalue weighted by Gasteiger charge is -2.15. The van der Waals surface area contributed by atoms with E-state index in [4.69, 9.17) is 0 Å². The Morgan fingerprint density at radius 3 is 2.33 bits per heavy atom. The fourth-order valence-corrected chi connectivity index (χ4v) is 3.22. The molecule has 0 saturated carbocycles. The number of nitrogens with one attached hydrogen (secondary N) is 1. The van der Waals surface area contributed by atoms with Gasteiger partial charge >= 0.3 is 6.03 Å². The number of rotatable bonds is 1. The molecule has 1 aliphatic heterocycles. The Kier molecular flexibility index (Phi) is 7.55. The van der Waals surface area contributed by atoms with Gasteiger partial charge in [0.1, 0.15) is 0 Å². The number of hydrogen-bond acceptors (Lipinski definition) is 1. The average Bonchev–Trinajstić information content (AvgIpc) is 2.51. The minimum atomic E-state index is -0.134. The Labute approximate surface area is 129 Å². The minimum absolute atomic E-state index is 0.134. The molecule has 0 aromatic rings. The van der Waals surface area contributed by atoms with E-state index in [1.807, 2.05) is 0 Å². The van der Waals surface area contributed by atoms with Crippen molar-refractivity contribution in [2.45, 2.75) is 83.5 Å². The van der Waals surface area contributed by atoms with E-state index >= 15 is 0 Å². The number of carbonyl (C=O) groups excluding carboxylic acids is 1. The number of allylic oxidation sites excluding steroid dienone is 2. The van der Waals surface area contributed by atoms with Crippen molar-refractivity contribution >= 4 is 11.7 Å². The van der Waals surface area contributed by atoms with Crippen molar-refractivity contribution in [2.75, 3.05) is 6.54 Å². The van der Waals surface area contributed by atoms with Crippen molar-refractivity contribution < 1.29 is 4.79 Å². The number of hydrogen-bond donors (Lipinski definition) is 1.